The van der Waals surface area contributed by atoms with E-state index in [0.717, 1.165) is 25.1 Å². The zero-order valence-electron chi connectivity index (χ0n) is 10.9. The first-order valence-corrected chi connectivity index (χ1v) is 6.26. The van der Waals surface area contributed by atoms with Crippen LogP contribution in [0.5, 0.6) is 0 Å². The number of nitrogens with one attached hydrogen (secondary N) is 1. The Kier molecular flexibility index (Phi) is 4.41. The van der Waals surface area contributed by atoms with Gasteiger partial charge in [-0.25, -0.2) is 0 Å². The zero-order valence-corrected chi connectivity index (χ0v) is 10.9. The van der Waals surface area contributed by atoms with E-state index in [1.807, 2.05) is 24.1 Å². The molecule has 0 aliphatic carbocycles. The van der Waals surface area contributed by atoms with Crippen LogP contribution in [0, 0.1) is 0 Å². The van der Waals surface area contributed by atoms with Crippen LogP contribution >= 0.6 is 0 Å². The zero-order chi connectivity index (χ0) is 12.8. The van der Waals surface area contributed by atoms with Crippen molar-refractivity contribution < 1.29 is 0 Å². The number of aromatic nitrogens is 4. The number of nitrogens with zero attached hydrogens (tertiary/aromatic N) is 4. The van der Waals surface area contributed by atoms with Crippen molar-refractivity contribution in [1.29, 1.82) is 0 Å². The standard InChI is InChI=1S/C13H19N5/c1-3-15-12(13-9-14-6-7-16-13)5-4-11-8-17-18(2)10-11/h6-10,12,15H,3-5H2,1-2H3. The molecular formula is C13H19N5. The van der Waals surface area contributed by atoms with E-state index in [1.165, 1.54) is 5.56 Å². The largest absolute Gasteiger partial charge is 0.309 e. The lowest BCUT2D eigenvalue weighted by molar-refractivity contribution is 0.502. The topological polar surface area (TPSA) is 55.6 Å². The second-order valence-electron chi connectivity index (χ2n) is 4.30. The molecule has 0 bridgehead atoms. The highest BCUT2D eigenvalue weighted by atomic mass is 15.2. The average molecular weight is 245 g/mol. The fraction of sp³-hybridized carbons (Fsp3) is 0.462. The van der Waals surface area contributed by atoms with Gasteiger partial charge in [0.05, 0.1) is 17.9 Å². The summed E-state index contributed by atoms with van der Waals surface area (Å²) in [6, 6.07) is 0.254. The van der Waals surface area contributed by atoms with Crippen molar-refractivity contribution in [3.63, 3.8) is 0 Å². The van der Waals surface area contributed by atoms with Gasteiger partial charge in [0, 0.05) is 31.8 Å². The molecule has 0 spiro atoms. The van der Waals surface area contributed by atoms with Crippen LogP contribution in [-0.2, 0) is 13.5 Å². The molecule has 0 aliphatic heterocycles. The van der Waals surface area contributed by atoms with Gasteiger partial charge >= 0.3 is 0 Å². The SMILES string of the molecule is CCNC(CCc1cnn(C)c1)c1cnccn1. The maximum Gasteiger partial charge on any atom is 0.0756 e. The molecule has 18 heavy (non-hydrogen) atoms. The normalized spacial score (nSPS) is 12.6. The molecule has 2 aromatic heterocycles. The molecule has 1 N–H and O–H groups in total. The van der Waals surface area contributed by atoms with E-state index < -0.39 is 0 Å². The summed E-state index contributed by atoms with van der Waals surface area (Å²) in [6.45, 7) is 3.03. The molecule has 2 heterocycles. The van der Waals surface area contributed by atoms with Crippen LogP contribution < -0.4 is 5.32 Å². The summed E-state index contributed by atoms with van der Waals surface area (Å²) in [6.07, 6.45) is 11.2. The van der Waals surface area contributed by atoms with Crippen LogP contribution in [0.25, 0.3) is 0 Å². The molecule has 0 saturated heterocycles. The van der Waals surface area contributed by atoms with Gasteiger partial charge in [0.25, 0.3) is 0 Å². The summed E-state index contributed by atoms with van der Waals surface area (Å²) in [4.78, 5) is 8.50. The lowest BCUT2D eigenvalue weighted by atomic mass is 10.1. The average Bonchev–Trinajstić information content (AvgIpc) is 2.81. The highest BCUT2D eigenvalue weighted by Gasteiger charge is 2.12. The maximum absolute atomic E-state index is 4.37. The van der Waals surface area contributed by atoms with Crippen molar-refractivity contribution in [1.82, 2.24) is 25.1 Å². The molecule has 0 aromatic carbocycles. The molecule has 96 valence electrons. The monoisotopic (exact) mass is 245 g/mol. The molecule has 2 rings (SSSR count). The molecule has 1 unspecified atom stereocenters. The van der Waals surface area contributed by atoms with Gasteiger partial charge in [0.15, 0.2) is 0 Å². The Bertz CT molecular complexity index is 465. The third-order valence-corrected chi connectivity index (χ3v) is 2.87. The smallest absolute Gasteiger partial charge is 0.0756 e. The third-order valence-electron chi connectivity index (χ3n) is 2.87. The van der Waals surface area contributed by atoms with Crippen molar-refractivity contribution in [2.75, 3.05) is 6.54 Å². The number of hydrogen-bond donors (Lipinski definition) is 1. The lowest BCUT2D eigenvalue weighted by Crippen LogP contribution is -2.22. The summed E-state index contributed by atoms with van der Waals surface area (Å²) < 4.78 is 1.83. The third kappa shape index (κ3) is 3.37. The van der Waals surface area contributed by atoms with E-state index in [9.17, 15) is 0 Å². The minimum Gasteiger partial charge on any atom is -0.309 e. The highest BCUT2D eigenvalue weighted by molar-refractivity contribution is 5.07. The van der Waals surface area contributed by atoms with Gasteiger partial charge in [-0.05, 0) is 24.9 Å². The molecule has 0 saturated carbocycles. The maximum atomic E-state index is 4.37. The van der Waals surface area contributed by atoms with E-state index in [0.29, 0.717) is 0 Å². The minimum absolute atomic E-state index is 0.254. The van der Waals surface area contributed by atoms with Gasteiger partial charge in [-0.15, -0.1) is 0 Å². The van der Waals surface area contributed by atoms with E-state index in [-0.39, 0.29) is 6.04 Å². The van der Waals surface area contributed by atoms with Crippen molar-refractivity contribution in [2.45, 2.75) is 25.8 Å². The van der Waals surface area contributed by atoms with Crippen molar-refractivity contribution >= 4 is 0 Å². The van der Waals surface area contributed by atoms with Crippen LogP contribution in [0.15, 0.2) is 31.0 Å². The summed E-state index contributed by atoms with van der Waals surface area (Å²) in [5.41, 5.74) is 2.26. The van der Waals surface area contributed by atoms with Gasteiger partial charge < -0.3 is 5.32 Å². The Morgan fingerprint density at radius 2 is 2.22 bits per heavy atom. The summed E-state index contributed by atoms with van der Waals surface area (Å²) >= 11 is 0. The Morgan fingerprint density at radius 3 is 2.83 bits per heavy atom. The first-order valence-electron chi connectivity index (χ1n) is 6.26. The van der Waals surface area contributed by atoms with Gasteiger partial charge in [0.1, 0.15) is 0 Å². The Balaban J connectivity index is 1.98. The molecule has 1 atom stereocenters. The first-order chi connectivity index (χ1) is 8.79. The van der Waals surface area contributed by atoms with Gasteiger partial charge in [-0.1, -0.05) is 6.92 Å². The number of hydrogen-bond acceptors (Lipinski definition) is 4. The predicted octanol–water partition coefficient (Wildman–Crippen LogP) is 1.49. The molecule has 5 nitrogen and oxygen atoms in total. The molecule has 0 aliphatic rings. The summed E-state index contributed by atoms with van der Waals surface area (Å²) in [5, 5.41) is 7.63. The second-order valence-corrected chi connectivity index (χ2v) is 4.30. The molecule has 5 heteroatoms. The molecule has 0 amide bonds. The quantitative estimate of drug-likeness (QED) is 0.838. The van der Waals surface area contributed by atoms with Crippen LogP contribution in [0.1, 0.15) is 30.6 Å². The summed E-state index contributed by atoms with van der Waals surface area (Å²) in [7, 11) is 1.94. The number of aryl methyl sites for hydroxylation is 2. The van der Waals surface area contributed by atoms with E-state index in [4.69, 9.17) is 0 Å². The van der Waals surface area contributed by atoms with Crippen molar-refractivity contribution in [2.24, 2.45) is 7.05 Å². The first kappa shape index (κ1) is 12.7. The minimum atomic E-state index is 0.254. The lowest BCUT2D eigenvalue weighted by Gasteiger charge is -2.16. The van der Waals surface area contributed by atoms with Gasteiger partial charge in [-0.2, -0.15) is 5.10 Å². The van der Waals surface area contributed by atoms with Crippen LogP contribution in [-0.4, -0.2) is 26.3 Å². The van der Waals surface area contributed by atoms with E-state index in [2.05, 4.69) is 33.5 Å². The van der Waals surface area contributed by atoms with E-state index in [1.54, 1.807) is 12.4 Å². The van der Waals surface area contributed by atoms with Crippen LogP contribution in [0.3, 0.4) is 0 Å². The number of rotatable bonds is 6. The second kappa shape index (κ2) is 6.26. The molecule has 0 radical (unpaired) electrons. The van der Waals surface area contributed by atoms with Crippen molar-refractivity contribution in [3.8, 4) is 0 Å². The Morgan fingerprint density at radius 1 is 1.33 bits per heavy atom. The van der Waals surface area contributed by atoms with Gasteiger partial charge in [0.2, 0.25) is 0 Å². The van der Waals surface area contributed by atoms with Crippen LogP contribution in [0.4, 0.5) is 0 Å². The van der Waals surface area contributed by atoms with E-state index >= 15 is 0 Å². The molecular weight excluding hydrogens is 226 g/mol. The van der Waals surface area contributed by atoms with Crippen molar-refractivity contribution in [3.05, 3.63) is 42.2 Å². The Labute approximate surface area is 107 Å². The molecule has 0 fully saturated rings. The fourth-order valence-corrected chi connectivity index (χ4v) is 2.00. The molecule has 2 aromatic rings. The van der Waals surface area contributed by atoms with Crippen LogP contribution in [0.2, 0.25) is 0 Å². The predicted molar refractivity (Wildman–Crippen MR) is 70.0 cm³/mol. The fourth-order valence-electron chi connectivity index (χ4n) is 2.00. The Hall–Kier alpha value is -1.75. The summed E-state index contributed by atoms with van der Waals surface area (Å²) in [5.74, 6) is 0. The highest BCUT2D eigenvalue weighted by Crippen LogP contribution is 2.16. The van der Waals surface area contributed by atoms with Gasteiger partial charge in [-0.3, -0.25) is 14.6 Å².